The van der Waals surface area contributed by atoms with Crippen LogP contribution in [0.15, 0.2) is 24.3 Å². The maximum Gasteiger partial charge on any atom is 0.234 e. The molecule has 2 rings (SSSR count). The number of benzene rings is 1. The van der Waals surface area contributed by atoms with E-state index < -0.39 is 0 Å². The van der Waals surface area contributed by atoms with Gasteiger partial charge in [-0.05, 0) is 24.3 Å². The van der Waals surface area contributed by atoms with E-state index in [9.17, 15) is 4.79 Å². The molecule has 20 heavy (non-hydrogen) atoms. The summed E-state index contributed by atoms with van der Waals surface area (Å²) in [6.45, 7) is 3.99. The Labute approximate surface area is 123 Å². The lowest BCUT2D eigenvalue weighted by Gasteiger charge is -2.28. The van der Waals surface area contributed by atoms with Gasteiger partial charge in [-0.15, -0.1) is 0 Å². The molecule has 0 spiro atoms. The van der Waals surface area contributed by atoms with Crippen LogP contribution in [0.1, 0.15) is 0 Å². The molecular formula is C14H21N3O2S. The van der Waals surface area contributed by atoms with E-state index in [1.165, 1.54) is 5.69 Å². The van der Waals surface area contributed by atoms with Gasteiger partial charge in [0.2, 0.25) is 5.91 Å². The average Bonchev–Trinajstić information content (AvgIpc) is 2.49. The molecule has 0 aliphatic carbocycles. The van der Waals surface area contributed by atoms with Crippen molar-refractivity contribution in [3.8, 4) is 0 Å². The summed E-state index contributed by atoms with van der Waals surface area (Å²) in [4.78, 5) is 14.0. The van der Waals surface area contributed by atoms with Gasteiger partial charge in [-0.1, -0.05) is 0 Å². The summed E-state index contributed by atoms with van der Waals surface area (Å²) in [6, 6.07) is 7.95. The minimum absolute atomic E-state index is 0.0163. The van der Waals surface area contributed by atoms with Crippen molar-refractivity contribution in [2.75, 3.05) is 54.6 Å². The Morgan fingerprint density at radius 1 is 1.30 bits per heavy atom. The van der Waals surface area contributed by atoms with Crippen molar-refractivity contribution in [1.29, 1.82) is 0 Å². The minimum atomic E-state index is 0.0163. The van der Waals surface area contributed by atoms with E-state index in [2.05, 4.69) is 10.2 Å². The smallest absolute Gasteiger partial charge is 0.234 e. The standard InChI is InChI=1S/C14H21N3O2S/c15-5-10-20-11-14(18)16-12-1-3-13(4-2-12)17-6-8-19-9-7-17/h1-4H,5-11,15H2,(H,16,18). The van der Waals surface area contributed by atoms with E-state index in [-0.39, 0.29) is 5.91 Å². The summed E-state index contributed by atoms with van der Waals surface area (Å²) in [7, 11) is 0. The molecular weight excluding hydrogens is 274 g/mol. The number of nitrogens with two attached hydrogens (primary N) is 1. The molecule has 1 aliphatic rings. The van der Waals surface area contributed by atoms with Crippen molar-refractivity contribution in [2.24, 2.45) is 5.73 Å². The van der Waals surface area contributed by atoms with E-state index in [0.29, 0.717) is 12.3 Å². The van der Waals surface area contributed by atoms with Gasteiger partial charge in [0.25, 0.3) is 0 Å². The fourth-order valence-corrected chi connectivity index (χ4v) is 2.59. The Kier molecular flexibility index (Phi) is 6.17. The molecule has 0 atom stereocenters. The number of carbonyl (C=O) groups is 1. The van der Waals surface area contributed by atoms with Gasteiger partial charge in [0, 0.05) is 36.8 Å². The van der Waals surface area contributed by atoms with E-state index >= 15 is 0 Å². The van der Waals surface area contributed by atoms with Gasteiger partial charge in [0.15, 0.2) is 0 Å². The molecule has 1 heterocycles. The zero-order chi connectivity index (χ0) is 14.2. The number of nitrogens with zero attached hydrogens (tertiary/aromatic N) is 1. The third-order valence-electron chi connectivity index (χ3n) is 3.02. The summed E-state index contributed by atoms with van der Waals surface area (Å²) in [5.74, 6) is 1.27. The van der Waals surface area contributed by atoms with Crippen molar-refractivity contribution in [3.05, 3.63) is 24.3 Å². The molecule has 1 saturated heterocycles. The Balaban J connectivity index is 1.83. The van der Waals surface area contributed by atoms with Gasteiger partial charge >= 0.3 is 0 Å². The zero-order valence-electron chi connectivity index (χ0n) is 11.5. The lowest BCUT2D eigenvalue weighted by atomic mass is 10.2. The van der Waals surface area contributed by atoms with Crippen LogP contribution in [0.4, 0.5) is 11.4 Å². The number of anilines is 2. The third kappa shape index (κ3) is 4.70. The Morgan fingerprint density at radius 3 is 2.65 bits per heavy atom. The van der Waals surface area contributed by atoms with Gasteiger partial charge in [-0.25, -0.2) is 0 Å². The normalized spacial score (nSPS) is 15.2. The largest absolute Gasteiger partial charge is 0.378 e. The van der Waals surface area contributed by atoms with Gasteiger partial charge in [0.1, 0.15) is 0 Å². The highest BCUT2D eigenvalue weighted by molar-refractivity contribution is 7.99. The van der Waals surface area contributed by atoms with Crippen LogP contribution < -0.4 is 16.0 Å². The monoisotopic (exact) mass is 295 g/mol. The van der Waals surface area contributed by atoms with Crippen molar-refractivity contribution < 1.29 is 9.53 Å². The first kappa shape index (κ1) is 15.2. The second-order valence-electron chi connectivity index (χ2n) is 4.54. The Morgan fingerprint density at radius 2 is 2.00 bits per heavy atom. The van der Waals surface area contributed by atoms with Crippen molar-refractivity contribution in [2.45, 2.75) is 0 Å². The number of thioether (sulfide) groups is 1. The van der Waals surface area contributed by atoms with Gasteiger partial charge < -0.3 is 20.7 Å². The zero-order valence-corrected chi connectivity index (χ0v) is 12.3. The first-order chi connectivity index (χ1) is 9.79. The van der Waals surface area contributed by atoms with Crippen molar-refractivity contribution in [1.82, 2.24) is 0 Å². The number of carbonyl (C=O) groups excluding carboxylic acids is 1. The SMILES string of the molecule is NCCSCC(=O)Nc1ccc(N2CCOCC2)cc1. The summed E-state index contributed by atoms with van der Waals surface area (Å²) in [6.07, 6.45) is 0. The van der Waals surface area contributed by atoms with E-state index in [4.69, 9.17) is 10.5 Å². The highest BCUT2D eigenvalue weighted by Gasteiger charge is 2.11. The third-order valence-corrected chi connectivity index (χ3v) is 4.01. The van der Waals surface area contributed by atoms with Crippen LogP contribution in [-0.2, 0) is 9.53 Å². The van der Waals surface area contributed by atoms with Crippen LogP contribution in [-0.4, -0.2) is 50.3 Å². The van der Waals surface area contributed by atoms with Crippen LogP contribution >= 0.6 is 11.8 Å². The molecule has 0 aromatic heterocycles. The molecule has 0 saturated carbocycles. The number of nitrogens with one attached hydrogen (secondary N) is 1. The lowest BCUT2D eigenvalue weighted by Crippen LogP contribution is -2.36. The summed E-state index contributed by atoms with van der Waals surface area (Å²) in [5, 5.41) is 2.89. The maximum absolute atomic E-state index is 11.7. The fourth-order valence-electron chi connectivity index (χ4n) is 2.02. The average molecular weight is 295 g/mol. The van der Waals surface area contributed by atoms with Crippen LogP contribution in [0.2, 0.25) is 0 Å². The molecule has 1 aromatic rings. The first-order valence-electron chi connectivity index (χ1n) is 6.80. The van der Waals surface area contributed by atoms with Gasteiger partial charge in [-0.2, -0.15) is 11.8 Å². The molecule has 0 radical (unpaired) electrons. The molecule has 1 aliphatic heterocycles. The summed E-state index contributed by atoms with van der Waals surface area (Å²) < 4.78 is 5.33. The van der Waals surface area contributed by atoms with Crippen LogP contribution in [0.25, 0.3) is 0 Å². The molecule has 3 N–H and O–H groups in total. The Bertz CT molecular complexity index is 419. The van der Waals surface area contributed by atoms with E-state index in [0.717, 1.165) is 37.7 Å². The van der Waals surface area contributed by atoms with E-state index in [1.807, 2.05) is 24.3 Å². The molecule has 0 bridgehead atoms. The highest BCUT2D eigenvalue weighted by atomic mass is 32.2. The van der Waals surface area contributed by atoms with Gasteiger partial charge in [-0.3, -0.25) is 4.79 Å². The summed E-state index contributed by atoms with van der Waals surface area (Å²) >= 11 is 1.55. The van der Waals surface area contributed by atoms with Crippen molar-refractivity contribution in [3.63, 3.8) is 0 Å². The second-order valence-corrected chi connectivity index (χ2v) is 5.64. The fraction of sp³-hybridized carbons (Fsp3) is 0.500. The molecule has 110 valence electrons. The molecule has 1 amide bonds. The topological polar surface area (TPSA) is 67.6 Å². The van der Waals surface area contributed by atoms with E-state index in [1.54, 1.807) is 11.8 Å². The van der Waals surface area contributed by atoms with Crippen molar-refractivity contribution >= 4 is 29.0 Å². The highest BCUT2D eigenvalue weighted by Crippen LogP contribution is 2.19. The second kappa shape index (κ2) is 8.14. The van der Waals surface area contributed by atoms with Crippen LogP contribution in [0.3, 0.4) is 0 Å². The molecule has 6 heteroatoms. The number of hydrogen-bond donors (Lipinski definition) is 2. The molecule has 1 aromatic carbocycles. The predicted octanol–water partition coefficient (Wildman–Crippen LogP) is 1.15. The number of hydrogen-bond acceptors (Lipinski definition) is 5. The minimum Gasteiger partial charge on any atom is -0.378 e. The quantitative estimate of drug-likeness (QED) is 0.771. The maximum atomic E-state index is 11.7. The van der Waals surface area contributed by atoms with Crippen LogP contribution in [0, 0.1) is 0 Å². The molecule has 1 fully saturated rings. The number of morpholine rings is 1. The molecule has 0 unspecified atom stereocenters. The number of amides is 1. The first-order valence-corrected chi connectivity index (χ1v) is 7.95. The number of rotatable bonds is 6. The lowest BCUT2D eigenvalue weighted by molar-refractivity contribution is -0.113. The van der Waals surface area contributed by atoms with Gasteiger partial charge in [0.05, 0.1) is 19.0 Å². The summed E-state index contributed by atoms with van der Waals surface area (Å²) in [5.41, 5.74) is 7.39. The predicted molar refractivity (Wildman–Crippen MR) is 84.5 cm³/mol. The molecule has 5 nitrogen and oxygen atoms in total. The van der Waals surface area contributed by atoms with Crippen LogP contribution in [0.5, 0.6) is 0 Å². The Hall–Kier alpha value is -1.24. The number of ether oxygens (including phenoxy) is 1.